The Morgan fingerprint density at radius 1 is 1.06 bits per heavy atom. The molecule has 0 N–H and O–H groups in total. The lowest BCUT2D eigenvalue weighted by molar-refractivity contribution is 0.0974. The van der Waals surface area contributed by atoms with E-state index in [1.54, 1.807) is 24.3 Å². The molecule has 0 saturated carbocycles. The van der Waals surface area contributed by atoms with Crippen LogP contribution in [0.15, 0.2) is 30.5 Å². The molecule has 1 aromatic carbocycles. The van der Waals surface area contributed by atoms with Crippen LogP contribution in [0.25, 0.3) is 0 Å². The molecule has 1 aliphatic rings. The fourth-order valence-electron chi connectivity index (χ4n) is 2.17. The lowest BCUT2D eigenvalue weighted by Gasteiger charge is -2.18. The Morgan fingerprint density at radius 2 is 1.67 bits per heavy atom. The maximum Gasteiger partial charge on any atom is 0.212 e. The van der Waals surface area contributed by atoms with Gasteiger partial charge in [0.05, 0.1) is 11.8 Å². The lowest BCUT2D eigenvalue weighted by Crippen LogP contribution is -2.23. The number of hydrogen-bond acceptors (Lipinski definition) is 3. The molecule has 0 unspecified atom stereocenters. The maximum absolute atomic E-state index is 13.5. The van der Waals surface area contributed by atoms with Crippen molar-refractivity contribution in [2.24, 2.45) is 0 Å². The summed E-state index contributed by atoms with van der Waals surface area (Å²) in [4.78, 5) is 28.2. The van der Waals surface area contributed by atoms with Crippen LogP contribution in [0, 0.1) is 12.7 Å². The standard InChI is InChI=1S/C14H8FNO2/c1-7-10(15)6-16-12-11(7)13(17)8-4-2-3-5-9(8)14(12)18/h2-6H,1H3. The first kappa shape index (κ1) is 10.8. The van der Waals surface area contributed by atoms with E-state index in [4.69, 9.17) is 0 Å². The molecule has 0 bridgehead atoms. The highest BCUT2D eigenvalue weighted by Crippen LogP contribution is 2.28. The number of nitrogens with zero attached hydrogens (tertiary/aromatic N) is 1. The average Bonchev–Trinajstić information content (AvgIpc) is 2.39. The van der Waals surface area contributed by atoms with Crippen LogP contribution in [0.4, 0.5) is 4.39 Å². The third-order valence-corrected chi connectivity index (χ3v) is 3.14. The number of benzene rings is 1. The van der Waals surface area contributed by atoms with E-state index in [9.17, 15) is 14.0 Å². The molecule has 4 heteroatoms. The highest BCUT2D eigenvalue weighted by molar-refractivity contribution is 6.28. The van der Waals surface area contributed by atoms with Crippen LogP contribution in [-0.4, -0.2) is 16.6 Å². The number of carbonyl (C=O) groups is 2. The first-order valence-corrected chi connectivity index (χ1v) is 5.45. The van der Waals surface area contributed by atoms with Crippen LogP contribution in [0.3, 0.4) is 0 Å². The number of fused-ring (bicyclic) bond motifs is 2. The molecule has 1 aromatic heterocycles. The molecule has 1 aliphatic carbocycles. The molecule has 0 amide bonds. The summed E-state index contributed by atoms with van der Waals surface area (Å²) in [6.07, 6.45) is 0.979. The van der Waals surface area contributed by atoms with E-state index in [1.807, 2.05) is 0 Å². The van der Waals surface area contributed by atoms with Crippen molar-refractivity contribution in [3.05, 3.63) is 64.2 Å². The van der Waals surface area contributed by atoms with E-state index < -0.39 is 5.82 Å². The minimum Gasteiger partial charge on any atom is -0.288 e. The quantitative estimate of drug-likeness (QED) is 0.606. The summed E-state index contributed by atoms with van der Waals surface area (Å²) in [6, 6.07) is 6.52. The molecule has 3 nitrogen and oxygen atoms in total. The van der Waals surface area contributed by atoms with Gasteiger partial charge in [-0.15, -0.1) is 0 Å². The van der Waals surface area contributed by atoms with E-state index in [0.29, 0.717) is 11.1 Å². The van der Waals surface area contributed by atoms with Crippen LogP contribution in [-0.2, 0) is 0 Å². The summed E-state index contributed by atoms with van der Waals surface area (Å²) in [5, 5.41) is 0. The summed E-state index contributed by atoms with van der Waals surface area (Å²) in [5.74, 6) is -1.25. The first-order valence-electron chi connectivity index (χ1n) is 5.45. The summed E-state index contributed by atoms with van der Waals surface area (Å²) in [6.45, 7) is 1.48. The SMILES string of the molecule is Cc1c(F)cnc2c1C(=O)c1ccccc1C2=O. The van der Waals surface area contributed by atoms with Crippen molar-refractivity contribution in [3.63, 3.8) is 0 Å². The van der Waals surface area contributed by atoms with Crippen molar-refractivity contribution in [1.82, 2.24) is 4.98 Å². The lowest BCUT2D eigenvalue weighted by atomic mass is 9.85. The highest BCUT2D eigenvalue weighted by Gasteiger charge is 2.32. The normalized spacial score (nSPS) is 13.2. The van der Waals surface area contributed by atoms with Gasteiger partial charge in [-0.2, -0.15) is 0 Å². The fourth-order valence-corrected chi connectivity index (χ4v) is 2.17. The van der Waals surface area contributed by atoms with Gasteiger partial charge >= 0.3 is 0 Å². The molecule has 0 spiro atoms. The van der Waals surface area contributed by atoms with Gasteiger partial charge in [0.25, 0.3) is 0 Å². The molecule has 0 fully saturated rings. The van der Waals surface area contributed by atoms with Crippen LogP contribution in [0.1, 0.15) is 37.5 Å². The van der Waals surface area contributed by atoms with Crippen molar-refractivity contribution >= 4 is 11.6 Å². The van der Waals surface area contributed by atoms with Crippen molar-refractivity contribution in [2.75, 3.05) is 0 Å². The molecule has 0 atom stereocenters. The van der Waals surface area contributed by atoms with Gasteiger partial charge in [0, 0.05) is 11.1 Å². The second kappa shape index (κ2) is 3.57. The summed E-state index contributed by atoms with van der Waals surface area (Å²) < 4.78 is 13.5. The number of aromatic nitrogens is 1. The van der Waals surface area contributed by atoms with E-state index in [2.05, 4.69) is 4.98 Å². The van der Waals surface area contributed by atoms with Gasteiger partial charge in [-0.3, -0.25) is 9.59 Å². The monoisotopic (exact) mass is 241 g/mol. The van der Waals surface area contributed by atoms with E-state index in [1.165, 1.54) is 6.92 Å². The second-order valence-electron chi connectivity index (χ2n) is 4.16. The summed E-state index contributed by atoms with van der Waals surface area (Å²) in [7, 11) is 0. The highest BCUT2D eigenvalue weighted by atomic mass is 19.1. The van der Waals surface area contributed by atoms with E-state index >= 15 is 0 Å². The van der Waals surface area contributed by atoms with Gasteiger partial charge < -0.3 is 0 Å². The maximum atomic E-state index is 13.5. The summed E-state index contributed by atoms with van der Waals surface area (Å²) >= 11 is 0. The van der Waals surface area contributed by atoms with E-state index in [0.717, 1.165) is 6.20 Å². The van der Waals surface area contributed by atoms with Crippen molar-refractivity contribution in [1.29, 1.82) is 0 Å². The fraction of sp³-hybridized carbons (Fsp3) is 0.0714. The van der Waals surface area contributed by atoms with E-state index in [-0.39, 0.29) is 28.4 Å². The number of ketones is 2. The summed E-state index contributed by atoms with van der Waals surface area (Å²) in [5.41, 5.74) is 0.933. The predicted octanol–water partition coefficient (Wildman–Crippen LogP) is 2.30. The van der Waals surface area contributed by atoms with Crippen molar-refractivity contribution in [3.8, 4) is 0 Å². The Balaban J connectivity index is 2.38. The van der Waals surface area contributed by atoms with Gasteiger partial charge in [0.1, 0.15) is 11.5 Å². The molecular formula is C14H8FNO2. The Kier molecular flexibility index (Phi) is 2.13. The Hall–Kier alpha value is -2.36. The smallest absolute Gasteiger partial charge is 0.212 e. The molecule has 88 valence electrons. The third kappa shape index (κ3) is 1.26. The largest absolute Gasteiger partial charge is 0.288 e. The second-order valence-corrected chi connectivity index (χ2v) is 4.16. The van der Waals surface area contributed by atoms with Gasteiger partial charge in [-0.25, -0.2) is 9.37 Å². The van der Waals surface area contributed by atoms with Crippen LogP contribution in [0.2, 0.25) is 0 Å². The molecule has 3 rings (SSSR count). The number of halogens is 1. The molecule has 1 heterocycles. The number of carbonyl (C=O) groups excluding carboxylic acids is 2. The number of rotatable bonds is 0. The minimum atomic E-state index is -0.575. The molecule has 18 heavy (non-hydrogen) atoms. The number of hydrogen-bond donors (Lipinski definition) is 0. The van der Waals surface area contributed by atoms with Gasteiger partial charge in [0.2, 0.25) is 5.78 Å². The minimum absolute atomic E-state index is 0.0394. The Labute approximate surface area is 102 Å². The molecular weight excluding hydrogens is 233 g/mol. The van der Waals surface area contributed by atoms with Gasteiger partial charge in [0.15, 0.2) is 5.78 Å². The predicted molar refractivity (Wildman–Crippen MR) is 62.2 cm³/mol. The first-order chi connectivity index (χ1) is 8.61. The molecule has 0 aliphatic heterocycles. The van der Waals surface area contributed by atoms with Crippen LogP contribution < -0.4 is 0 Å². The van der Waals surface area contributed by atoms with Crippen molar-refractivity contribution < 1.29 is 14.0 Å². The molecule has 0 saturated heterocycles. The molecule has 0 radical (unpaired) electrons. The number of pyridine rings is 1. The average molecular weight is 241 g/mol. The zero-order valence-corrected chi connectivity index (χ0v) is 9.53. The Bertz CT molecular complexity index is 707. The van der Waals surface area contributed by atoms with Crippen LogP contribution >= 0.6 is 0 Å². The topological polar surface area (TPSA) is 47.0 Å². The third-order valence-electron chi connectivity index (χ3n) is 3.14. The van der Waals surface area contributed by atoms with Crippen molar-refractivity contribution in [2.45, 2.75) is 6.92 Å². The Morgan fingerprint density at radius 3 is 2.33 bits per heavy atom. The zero-order chi connectivity index (χ0) is 12.9. The van der Waals surface area contributed by atoms with Gasteiger partial charge in [-0.1, -0.05) is 24.3 Å². The van der Waals surface area contributed by atoms with Gasteiger partial charge in [-0.05, 0) is 12.5 Å². The van der Waals surface area contributed by atoms with Crippen LogP contribution in [0.5, 0.6) is 0 Å². The zero-order valence-electron chi connectivity index (χ0n) is 9.53. The molecule has 2 aromatic rings.